The van der Waals surface area contributed by atoms with Crippen molar-refractivity contribution in [2.24, 2.45) is 0 Å². The summed E-state index contributed by atoms with van der Waals surface area (Å²) < 4.78 is 0. The van der Waals surface area contributed by atoms with E-state index in [0.717, 1.165) is 6.42 Å². The first kappa shape index (κ1) is 5.90. The maximum absolute atomic E-state index is 3.29. The Morgan fingerprint density at radius 2 is 2.40 bits per heavy atom. The van der Waals surface area contributed by atoms with E-state index in [0.29, 0.717) is 0 Å². The number of fused-ring (bicyclic) bond motifs is 1. The van der Waals surface area contributed by atoms with Crippen LogP contribution in [0.2, 0.25) is 0 Å². The lowest BCUT2D eigenvalue weighted by molar-refractivity contribution is -0.375. The summed E-state index contributed by atoms with van der Waals surface area (Å²) in [5.41, 5.74) is 2.97. The molecule has 2 rings (SSSR count). The van der Waals surface area contributed by atoms with Crippen LogP contribution in [-0.4, -0.2) is 5.71 Å². The highest BCUT2D eigenvalue weighted by atomic mass is 14.7. The fourth-order valence-corrected chi connectivity index (χ4v) is 1.56. The quantitative estimate of drug-likeness (QED) is 0.497. The van der Waals surface area contributed by atoms with E-state index < -0.39 is 0 Å². The first-order valence-corrected chi connectivity index (χ1v) is 3.93. The Morgan fingerprint density at radius 1 is 1.40 bits per heavy atom. The monoisotopic (exact) mass is 134 g/mol. The third-order valence-electron chi connectivity index (χ3n) is 2.12. The lowest BCUT2D eigenvalue weighted by Gasteiger charge is -2.10. The number of hydrogen-bond donors (Lipinski definition) is 1. The average Bonchev–Trinajstić information content (AvgIpc) is 2.05. The van der Waals surface area contributed by atoms with Gasteiger partial charge in [0.05, 0.1) is 0 Å². The highest BCUT2D eigenvalue weighted by Crippen LogP contribution is 2.16. The predicted molar refractivity (Wildman–Crippen MR) is 41.7 cm³/mol. The summed E-state index contributed by atoms with van der Waals surface area (Å²) in [5.74, 6) is 0. The normalized spacial score (nSPS) is 23.2. The second-order valence-corrected chi connectivity index (χ2v) is 2.85. The van der Waals surface area contributed by atoms with Gasteiger partial charge in [-0.25, -0.2) is 4.99 Å². The minimum absolute atomic E-state index is 1.14. The summed E-state index contributed by atoms with van der Waals surface area (Å²) in [7, 11) is 0. The number of hydrogen-bond acceptors (Lipinski definition) is 0. The summed E-state index contributed by atoms with van der Waals surface area (Å²) in [4.78, 5) is 3.29. The molecule has 0 aromatic carbocycles. The molecule has 52 valence electrons. The van der Waals surface area contributed by atoms with E-state index in [1.54, 1.807) is 0 Å². The molecule has 1 heteroatoms. The summed E-state index contributed by atoms with van der Waals surface area (Å²) in [6.07, 6.45) is 11.6. The Bertz CT molecular complexity index is 221. The SMILES string of the molecule is C1=C[NH+]=C2CCCC=C2C1. The molecule has 0 saturated heterocycles. The standard InChI is InChI=1S/C9H11N/c1-2-6-9-8(4-1)5-3-7-10-9/h3-4,7H,1-2,5-6H2/p+1. The van der Waals surface area contributed by atoms with Crippen molar-refractivity contribution < 1.29 is 4.99 Å². The molecular weight excluding hydrogens is 122 g/mol. The van der Waals surface area contributed by atoms with Gasteiger partial charge in [-0.2, -0.15) is 0 Å². The topological polar surface area (TPSA) is 14.0 Å². The molecule has 2 aliphatic rings. The molecule has 0 aromatic heterocycles. The first-order valence-electron chi connectivity index (χ1n) is 3.93. The van der Waals surface area contributed by atoms with Gasteiger partial charge in [-0.05, 0) is 18.9 Å². The zero-order valence-electron chi connectivity index (χ0n) is 6.06. The van der Waals surface area contributed by atoms with Crippen molar-refractivity contribution in [1.29, 1.82) is 0 Å². The molecule has 0 saturated carbocycles. The maximum atomic E-state index is 3.29. The van der Waals surface area contributed by atoms with Crippen molar-refractivity contribution >= 4 is 5.71 Å². The molecule has 0 unspecified atom stereocenters. The number of nitrogens with one attached hydrogen (secondary N) is 1. The van der Waals surface area contributed by atoms with Crippen molar-refractivity contribution in [3.63, 3.8) is 0 Å². The van der Waals surface area contributed by atoms with Gasteiger partial charge in [0, 0.05) is 18.4 Å². The largest absolute Gasteiger partial charge is 0.215 e. The molecule has 1 aliphatic carbocycles. The molecule has 1 aliphatic heterocycles. The van der Waals surface area contributed by atoms with Crippen molar-refractivity contribution in [3.8, 4) is 0 Å². The van der Waals surface area contributed by atoms with E-state index in [-0.39, 0.29) is 0 Å². The van der Waals surface area contributed by atoms with Crippen LogP contribution in [-0.2, 0) is 0 Å². The van der Waals surface area contributed by atoms with E-state index in [1.807, 2.05) is 0 Å². The zero-order valence-corrected chi connectivity index (χ0v) is 6.06. The third-order valence-corrected chi connectivity index (χ3v) is 2.12. The van der Waals surface area contributed by atoms with E-state index in [1.165, 1.54) is 30.5 Å². The summed E-state index contributed by atoms with van der Waals surface area (Å²) >= 11 is 0. The van der Waals surface area contributed by atoms with Gasteiger partial charge in [0.25, 0.3) is 0 Å². The van der Waals surface area contributed by atoms with Gasteiger partial charge < -0.3 is 0 Å². The van der Waals surface area contributed by atoms with E-state index in [4.69, 9.17) is 0 Å². The average molecular weight is 134 g/mol. The van der Waals surface area contributed by atoms with E-state index >= 15 is 0 Å². The molecular formula is C9H12N+. The lowest BCUT2D eigenvalue weighted by Crippen LogP contribution is -2.68. The molecule has 0 fully saturated rings. The smallest absolute Gasteiger partial charge is 0.182 e. The van der Waals surface area contributed by atoms with E-state index in [9.17, 15) is 0 Å². The molecule has 1 heterocycles. The molecule has 1 N–H and O–H groups in total. The van der Waals surface area contributed by atoms with Gasteiger partial charge in [-0.3, -0.25) is 0 Å². The van der Waals surface area contributed by atoms with Gasteiger partial charge in [-0.15, -0.1) is 0 Å². The van der Waals surface area contributed by atoms with Crippen LogP contribution in [0.25, 0.3) is 0 Å². The predicted octanol–water partition coefficient (Wildman–Crippen LogP) is 0.536. The molecule has 10 heavy (non-hydrogen) atoms. The van der Waals surface area contributed by atoms with Crippen LogP contribution in [0.5, 0.6) is 0 Å². The Morgan fingerprint density at radius 3 is 3.30 bits per heavy atom. The van der Waals surface area contributed by atoms with Crippen LogP contribution in [0.4, 0.5) is 0 Å². The summed E-state index contributed by atoms with van der Waals surface area (Å²) in [5, 5.41) is 0. The van der Waals surface area contributed by atoms with Gasteiger partial charge in [0.1, 0.15) is 0 Å². The van der Waals surface area contributed by atoms with Crippen molar-refractivity contribution in [2.75, 3.05) is 0 Å². The van der Waals surface area contributed by atoms with Gasteiger partial charge in [0.2, 0.25) is 0 Å². The van der Waals surface area contributed by atoms with Crippen LogP contribution in [0.3, 0.4) is 0 Å². The molecule has 0 amide bonds. The zero-order chi connectivity index (χ0) is 6.81. The fourth-order valence-electron chi connectivity index (χ4n) is 1.56. The lowest BCUT2D eigenvalue weighted by atomic mass is 9.94. The van der Waals surface area contributed by atoms with Gasteiger partial charge in [-0.1, -0.05) is 6.08 Å². The maximum Gasteiger partial charge on any atom is 0.182 e. The second kappa shape index (κ2) is 2.41. The van der Waals surface area contributed by atoms with Gasteiger partial charge >= 0.3 is 0 Å². The number of allylic oxidation sites excluding steroid dienone is 3. The summed E-state index contributed by atoms with van der Waals surface area (Å²) in [6.45, 7) is 0. The second-order valence-electron chi connectivity index (χ2n) is 2.85. The van der Waals surface area contributed by atoms with Crippen LogP contribution in [0, 0.1) is 0 Å². The first-order chi connectivity index (χ1) is 4.97. The molecule has 0 spiro atoms. The van der Waals surface area contributed by atoms with Crippen molar-refractivity contribution in [1.82, 2.24) is 0 Å². The minimum atomic E-state index is 1.14. The van der Waals surface area contributed by atoms with Crippen molar-refractivity contribution in [2.45, 2.75) is 25.7 Å². The van der Waals surface area contributed by atoms with Crippen LogP contribution in [0.15, 0.2) is 23.9 Å². The van der Waals surface area contributed by atoms with Crippen LogP contribution in [0.1, 0.15) is 25.7 Å². The Kier molecular flexibility index (Phi) is 1.42. The molecule has 0 radical (unpaired) electrons. The van der Waals surface area contributed by atoms with Crippen molar-refractivity contribution in [3.05, 3.63) is 23.9 Å². The van der Waals surface area contributed by atoms with Gasteiger partial charge in [0.15, 0.2) is 11.9 Å². The molecule has 0 aromatic rings. The molecule has 0 bridgehead atoms. The highest BCUT2D eigenvalue weighted by molar-refractivity contribution is 5.97. The Balaban J connectivity index is 2.32. The highest BCUT2D eigenvalue weighted by Gasteiger charge is 2.16. The Labute approximate surface area is 61.2 Å². The van der Waals surface area contributed by atoms with Crippen LogP contribution >= 0.6 is 0 Å². The number of rotatable bonds is 0. The fraction of sp³-hybridized carbons (Fsp3) is 0.444. The third kappa shape index (κ3) is 0.919. The van der Waals surface area contributed by atoms with Crippen LogP contribution < -0.4 is 4.99 Å². The van der Waals surface area contributed by atoms with E-state index in [2.05, 4.69) is 23.3 Å². The minimum Gasteiger partial charge on any atom is -0.215 e. The molecule has 1 nitrogen and oxygen atoms in total. The molecule has 0 atom stereocenters. The Hall–Kier alpha value is -0.850. The summed E-state index contributed by atoms with van der Waals surface area (Å²) in [6, 6.07) is 0.